The highest BCUT2D eigenvalue weighted by Gasteiger charge is 2.34. The van der Waals surface area contributed by atoms with Gasteiger partial charge in [-0.05, 0) is 42.9 Å². The molecule has 0 radical (unpaired) electrons. The number of carbonyl (C=O) groups is 2. The highest BCUT2D eigenvalue weighted by molar-refractivity contribution is 5.74. The summed E-state index contributed by atoms with van der Waals surface area (Å²) in [5.41, 5.74) is 6.60. The van der Waals surface area contributed by atoms with E-state index in [1.54, 1.807) is 4.90 Å². The minimum Gasteiger partial charge on any atom is -0.490 e. The lowest BCUT2D eigenvalue weighted by atomic mass is 9.96. The molecule has 0 aromatic heterocycles. The summed E-state index contributed by atoms with van der Waals surface area (Å²) >= 11 is 0. The molecule has 0 aliphatic carbocycles. The summed E-state index contributed by atoms with van der Waals surface area (Å²) < 4.78 is 15.8. The minimum absolute atomic E-state index is 0.113. The fourth-order valence-corrected chi connectivity index (χ4v) is 3.80. The van der Waals surface area contributed by atoms with E-state index < -0.39 is 6.09 Å². The van der Waals surface area contributed by atoms with Gasteiger partial charge in [-0.1, -0.05) is 12.1 Å². The zero-order valence-corrected chi connectivity index (χ0v) is 17.8. The number of methoxy groups -OCH3 is 1. The van der Waals surface area contributed by atoms with E-state index in [1.165, 1.54) is 7.11 Å². The van der Waals surface area contributed by atoms with E-state index in [9.17, 15) is 9.59 Å². The van der Waals surface area contributed by atoms with Crippen molar-refractivity contribution < 1.29 is 23.8 Å². The Morgan fingerprint density at radius 2 is 2.00 bits per heavy atom. The van der Waals surface area contributed by atoms with Crippen LogP contribution in [0, 0.1) is 11.3 Å². The van der Waals surface area contributed by atoms with Crippen molar-refractivity contribution in [3.8, 4) is 5.75 Å². The number of piperidine rings is 1. The average Bonchev–Trinajstić information content (AvgIpc) is 3.12. The first-order valence-electron chi connectivity index (χ1n) is 10.5. The van der Waals surface area contributed by atoms with Crippen molar-refractivity contribution in [2.45, 2.75) is 25.4 Å². The molecule has 31 heavy (non-hydrogen) atoms. The second-order valence-electron chi connectivity index (χ2n) is 7.85. The number of ether oxygens (including phenoxy) is 3. The van der Waals surface area contributed by atoms with Gasteiger partial charge in [0.1, 0.15) is 12.4 Å². The van der Waals surface area contributed by atoms with Gasteiger partial charge >= 0.3 is 12.2 Å². The molecule has 1 aromatic rings. The first kappa shape index (κ1) is 22.5. The van der Waals surface area contributed by atoms with E-state index in [1.807, 2.05) is 29.2 Å². The molecule has 2 aliphatic heterocycles. The van der Waals surface area contributed by atoms with Gasteiger partial charge < -0.3 is 35.1 Å². The lowest BCUT2D eigenvalue weighted by molar-refractivity contribution is 0.102. The van der Waals surface area contributed by atoms with E-state index in [0.29, 0.717) is 44.3 Å². The number of rotatable bonds is 8. The lowest BCUT2D eigenvalue weighted by Crippen LogP contribution is -2.44. The summed E-state index contributed by atoms with van der Waals surface area (Å²) in [6.45, 7) is 3.48. The second-order valence-corrected chi connectivity index (χ2v) is 7.85. The number of carbonyl (C=O) groups excluding carboxylic acids is 2. The Kier molecular flexibility index (Phi) is 7.80. The Labute approximate surface area is 182 Å². The molecule has 170 valence electrons. The number of cyclic esters (lactones) is 1. The third kappa shape index (κ3) is 6.66. The van der Waals surface area contributed by atoms with Crippen LogP contribution in [0.3, 0.4) is 0 Å². The number of nitrogens with zero attached hydrogens (tertiary/aromatic N) is 2. The fraction of sp³-hybridized carbons (Fsp3) is 0.571. The number of hydrogen-bond acceptors (Lipinski definition) is 6. The summed E-state index contributed by atoms with van der Waals surface area (Å²) in [5.74, 6) is 1.21. The third-order valence-electron chi connectivity index (χ3n) is 5.61. The van der Waals surface area contributed by atoms with Crippen molar-refractivity contribution >= 4 is 18.1 Å². The molecule has 2 heterocycles. The van der Waals surface area contributed by atoms with Gasteiger partial charge in [-0.25, -0.2) is 9.59 Å². The maximum absolute atomic E-state index is 12.2. The molecular formula is C21H31N5O5. The smallest absolute Gasteiger partial charge is 0.410 e. The largest absolute Gasteiger partial charge is 0.490 e. The van der Waals surface area contributed by atoms with Crippen molar-refractivity contribution in [3.05, 3.63) is 29.8 Å². The molecule has 0 spiro atoms. The van der Waals surface area contributed by atoms with Crippen molar-refractivity contribution in [2.24, 2.45) is 11.7 Å². The van der Waals surface area contributed by atoms with E-state index in [-0.39, 0.29) is 18.2 Å². The number of amides is 2. The van der Waals surface area contributed by atoms with Gasteiger partial charge in [0.15, 0.2) is 12.1 Å². The van der Waals surface area contributed by atoms with Crippen LogP contribution in [0.25, 0.3) is 0 Å². The van der Waals surface area contributed by atoms with Crippen LogP contribution in [0.2, 0.25) is 0 Å². The van der Waals surface area contributed by atoms with Crippen LogP contribution >= 0.6 is 0 Å². The number of alkyl carbamates (subject to hydrolysis) is 1. The second kappa shape index (κ2) is 10.7. The summed E-state index contributed by atoms with van der Waals surface area (Å²) in [7, 11) is 1.33. The van der Waals surface area contributed by atoms with Crippen LogP contribution in [0.4, 0.5) is 9.59 Å². The average molecular weight is 434 g/mol. The monoisotopic (exact) mass is 433 g/mol. The van der Waals surface area contributed by atoms with Crippen LogP contribution in [-0.4, -0.2) is 80.5 Å². The predicted molar refractivity (Wildman–Crippen MR) is 114 cm³/mol. The Balaban J connectivity index is 1.37. The molecule has 0 saturated carbocycles. The van der Waals surface area contributed by atoms with Crippen LogP contribution in [-0.2, 0) is 15.9 Å². The molecule has 4 N–H and O–H groups in total. The molecule has 0 bridgehead atoms. The fourth-order valence-electron chi connectivity index (χ4n) is 3.80. The topological polar surface area (TPSA) is 130 Å². The lowest BCUT2D eigenvalue weighted by Gasteiger charge is -2.33. The van der Waals surface area contributed by atoms with E-state index in [4.69, 9.17) is 20.6 Å². The summed E-state index contributed by atoms with van der Waals surface area (Å²) in [6.07, 6.45) is 1.47. The number of hydrogen-bond donors (Lipinski definition) is 3. The Hall–Kier alpha value is -3.17. The standard InChI is InChI=1S/C21H31N5O5/c1-29-20(27)24-9-6-15-2-4-17(5-3-15)30-14-18-13-26(21(28)31-18)12-16-7-10-25(11-8-16)19(22)23/h2-5,16,18H,6-14H2,1H3,(H3,22,23)(H,24,27). The predicted octanol–water partition coefficient (Wildman–Crippen LogP) is 1.39. The van der Waals surface area contributed by atoms with Gasteiger partial charge in [-0.2, -0.15) is 0 Å². The highest BCUT2D eigenvalue weighted by Crippen LogP contribution is 2.22. The Bertz CT molecular complexity index is 764. The molecule has 1 unspecified atom stereocenters. The van der Waals surface area contributed by atoms with Gasteiger partial charge in [-0.3, -0.25) is 5.41 Å². The number of likely N-dealkylation sites (tertiary alicyclic amines) is 1. The Morgan fingerprint density at radius 3 is 2.65 bits per heavy atom. The van der Waals surface area contributed by atoms with E-state index >= 15 is 0 Å². The molecule has 10 nitrogen and oxygen atoms in total. The summed E-state index contributed by atoms with van der Waals surface area (Å²) in [6, 6.07) is 7.61. The van der Waals surface area contributed by atoms with Crippen LogP contribution in [0.5, 0.6) is 5.75 Å². The zero-order chi connectivity index (χ0) is 22.2. The SMILES string of the molecule is COC(=O)NCCc1ccc(OCC2CN(CC3CCN(C(=N)N)CC3)C(=O)O2)cc1. The van der Waals surface area contributed by atoms with Crippen LogP contribution in [0.15, 0.2) is 24.3 Å². The maximum Gasteiger partial charge on any atom is 0.410 e. The van der Waals surface area contributed by atoms with E-state index in [0.717, 1.165) is 31.5 Å². The number of nitrogens with one attached hydrogen (secondary N) is 2. The van der Waals surface area contributed by atoms with Gasteiger partial charge in [0.25, 0.3) is 0 Å². The number of nitrogens with two attached hydrogens (primary N) is 1. The van der Waals surface area contributed by atoms with Gasteiger partial charge in [0.05, 0.1) is 13.7 Å². The molecule has 2 aliphatic rings. The first-order valence-corrected chi connectivity index (χ1v) is 10.5. The van der Waals surface area contributed by atoms with Gasteiger partial charge in [-0.15, -0.1) is 0 Å². The molecule has 2 saturated heterocycles. The number of guanidine groups is 1. The molecular weight excluding hydrogens is 402 g/mol. The third-order valence-corrected chi connectivity index (χ3v) is 5.61. The van der Waals surface area contributed by atoms with Crippen molar-refractivity contribution in [2.75, 3.05) is 46.4 Å². The molecule has 3 rings (SSSR count). The van der Waals surface area contributed by atoms with Crippen LogP contribution < -0.4 is 15.8 Å². The molecule has 2 fully saturated rings. The quantitative estimate of drug-likeness (QED) is 0.417. The minimum atomic E-state index is -0.443. The van der Waals surface area contributed by atoms with E-state index in [2.05, 4.69) is 10.1 Å². The van der Waals surface area contributed by atoms with Crippen molar-refractivity contribution in [3.63, 3.8) is 0 Å². The molecule has 1 atom stereocenters. The van der Waals surface area contributed by atoms with Crippen molar-refractivity contribution in [1.82, 2.24) is 15.1 Å². The number of benzene rings is 1. The molecule has 2 amide bonds. The molecule has 1 aromatic carbocycles. The highest BCUT2D eigenvalue weighted by atomic mass is 16.6. The zero-order valence-electron chi connectivity index (χ0n) is 17.8. The van der Waals surface area contributed by atoms with Gasteiger partial charge in [0.2, 0.25) is 0 Å². The maximum atomic E-state index is 12.2. The van der Waals surface area contributed by atoms with Crippen LogP contribution in [0.1, 0.15) is 18.4 Å². The van der Waals surface area contributed by atoms with Crippen molar-refractivity contribution in [1.29, 1.82) is 5.41 Å². The first-order chi connectivity index (χ1) is 14.9. The normalized spacial score (nSPS) is 19.1. The summed E-state index contributed by atoms with van der Waals surface area (Å²) in [5, 5.41) is 10.1. The van der Waals surface area contributed by atoms with Gasteiger partial charge in [0, 0.05) is 26.2 Å². The Morgan fingerprint density at radius 1 is 1.29 bits per heavy atom. The molecule has 10 heteroatoms. The summed E-state index contributed by atoms with van der Waals surface area (Å²) in [4.78, 5) is 26.9.